The normalized spacial score (nSPS) is 13.6. The zero-order chi connectivity index (χ0) is 13.2. The van der Waals surface area contributed by atoms with Gasteiger partial charge >= 0.3 is 0 Å². The molecule has 2 aromatic heterocycles. The maximum Gasteiger partial charge on any atom is 0.1000 e. The van der Waals surface area contributed by atoms with Crippen molar-refractivity contribution < 1.29 is 0 Å². The molecule has 0 N–H and O–H groups in total. The lowest BCUT2D eigenvalue weighted by atomic mass is 10.1. The Labute approximate surface area is 122 Å². The molecular weight excluding hydrogens is 272 g/mol. The fraction of sp³-hybridized carbons (Fsp3) is 0.333. The second-order valence-corrected chi connectivity index (χ2v) is 6.19. The highest BCUT2D eigenvalue weighted by molar-refractivity contribution is 7.98. The Balaban J connectivity index is 2.10. The minimum absolute atomic E-state index is 0.983. The van der Waals surface area contributed by atoms with Crippen molar-refractivity contribution in [3.8, 4) is 11.4 Å². The van der Waals surface area contributed by atoms with Crippen LogP contribution >= 0.6 is 23.5 Å². The van der Waals surface area contributed by atoms with Crippen LogP contribution in [-0.4, -0.2) is 22.5 Å². The van der Waals surface area contributed by atoms with Crippen LogP contribution in [0.3, 0.4) is 0 Å². The SMILES string of the molecule is CSc1cccc(-c2cc3c(c(SC)n2)CCC3)n1. The minimum Gasteiger partial charge on any atom is -0.240 e. The standard InChI is InChI=1S/C15H16N2S2/c1-18-14-8-4-7-12(16-14)13-9-10-5-3-6-11(10)15(17-13)19-2/h4,7-9H,3,5-6H2,1-2H3. The van der Waals surface area contributed by atoms with Gasteiger partial charge in [0.2, 0.25) is 0 Å². The summed E-state index contributed by atoms with van der Waals surface area (Å²) in [6, 6.07) is 8.38. The number of rotatable bonds is 3. The molecule has 0 saturated carbocycles. The van der Waals surface area contributed by atoms with Gasteiger partial charge in [0, 0.05) is 0 Å². The highest BCUT2D eigenvalue weighted by atomic mass is 32.2. The highest BCUT2D eigenvalue weighted by Gasteiger charge is 2.18. The Morgan fingerprint density at radius 1 is 1.00 bits per heavy atom. The summed E-state index contributed by atoms with van der Waals surface area (Å²) in [7, 11) is 0. The molecule has 98 valence electrons. The molecule has 4 heteroatoms. The second kappa shape index (κ2) is 5.55. The summed E-state index contributed by atoms with van der Waals surface area (Å²) in [5.41, 5.74) is 4.92. The molecule has 0 aliphatic heterocycles. The molecule has 0 bridgehead atoms. The number of hydrogen-bond donors (Lipinski definition) is 0. The van der Waals surface area contributed by atoms with Crippen LogP contribution in [0.5, 0.6) is 0 Å². The van der Waals surface area contributed by atoms with E-state index in [1.807, 2.05) is 12.1 Å². The summed E-state index contributed by atoms with van der Waals surface area (Å²) < 4.78 is 0. The number of pyridine rings is 2. The van der Waals surface area contributed by atoms with Crippen molar-refractivity contribution in [2.75, 3.05) is 12.5 Å². The van der Waals surface area contributed by atoms with Crippen LogP contribution in [0.25, 0.3) is 11.4 Å². The van der Waals surface area contributed by atoms with Gasteiger partial charge in [-0.1, -0.05) is 6.07 Å². The first-order chi connectivity index (χ1) is 9.31. The maximum atomic E-state index is 4.80. The van der Waals surface area contributed by atoms with Crippen LogP contribution in [0.1, 0.15) is 17.5 Å². The van der Waals surface area contributed by atoms with Crippen molar-refractivity contribution in [1.29, 1.82) is 0 Å². The van der Waals surface area contributed by atoms with E-state index in [0.717, 1.165) is 16.4 Å². The molecule has 0 fully saturated rings. The Bertz CT molecular complexity index is 611. The van der Waals surface area contributed by atoms with Crippen LogP contribution in [0, 0.1) is 0 Å². The molecule has 0 amide bonds. The van der Waals surface area contributed by atoms with Gasteiger partial charge in [0.25, 0.3) is 0 Å². The van der Waals surface area contributed by atoms with Gasteiger partial charge in [-0.3, -0.25) is 0 Å². The van der Waals surface area contributed by atoms with Crippen LogP contribution in [0.4, 0.5) is 0 Å². The molecule has 2 aromatic rings. The number of hydrogen-bond acceptors (Lipinski definition) is 4. The highest BCUT2D eigenvalue weighted by Crippen LogP contribution is 2.32. The Kier molecular flexibility index (Phi) is 3.80. The minimum atomic E-state index is 0.983. The van der Waals surface area contributed by atoms with E-state index in [1.165, 1.54) is 35.4 Å². The largest absolute Gasteiger partial charge is 0.240 e. The summed E-state index contributed by atoms with van der Waals surface area (Å²) in [5.74, 6) is 0. The lowest BCUT2D eigenvalue weighted by Gasteiger charge is -2.09. The van der Waals surface area contributed by atoms with Crippen LogP contribution < -0.4 is 0 Å². The average Bonchev–Trinajstić information content (AvgIpc) is 2.94. The third-order valence-electron chi connectivity index (χ3n) is 3.44. The van der Waals surface area contributed by atoms with E-state index in [2.05, 4.69) is 29.6 Å². The van der Waals surface area contributed by atoms with E-state index >= 15 is 0 Å². The van der Waals surface area contributed by atoms with E-state index in [9.17, 15) is 0 Å². The Hall–Kier alpha value is -1.00. The maximum absolute atomic E-state index is 4.80. The van der Waals surface area contributed by atoms with Gasteiger partial charge in [-0.2, -0.15) is 0 Å². The number of nitrogens with zero attached hydrogens (tertiary/aromatic N) is 2. The lowest BCUT2D eigenvalue weighted by molar-refractivity contribution is 0.900. The van der Waals surface area contributed by atoms with Crippen molar-refractivity contribution in [3.05, 3.63) is 35.4 Å². The number of aromatic nitrogens is 2. The van der Waals surface area contributed by atoms with Crippen molar-refractivity contribution in [1.82, 2.24) is 9.97 Å². The van der Waals surface area contributed by atoms with Crippen molar-refractivity contribution in [3.63, 3.8) is 0 Å². The van der Waals surface area contributed by atoms with Gasteiger partial charge in [0.05, 0.1) is 21.4 Å². The van der Waals surface area contributed by atoms with Crippen LogP contribution in [-0.2, 0) is 12.8 Å². The zero-order valence-electron chi connectivity index (χ0n) is 11.1. The molecular formula is C15H16N2S2. The summed E-state index contributed by atoms with van der Waals surface area (Å²) in [6.07, 6.45) is 7.77. The summed E-state index contributed by atoms with van der Waals surface area (Å²) in [4.78, 5) is 9.45. The van der Waals surface area contributed by atoms with Crippen molar-refractivity contribution >= 4 is 23.5 Å². The molecule has 0 aromatic carbocycles. The van der Waals surface area contributed by atoms with Gasteiger partial charge in [-0.25, -0.2) is 9.97 Å². The van der Waals surface area contributed by atoms with E-state index in [4.69, 9.17) is 4.98 Å². The monoisotopic (exact) mass is 288 g/mol. The van der Waals surface area contributed by atoms with Gasteiger partial charge in [-0.15, -0.1) is 23.5 Å². The fourth-order valence-electron chi connectivity index (χ4n) is 2.52. The van der Waals surface area contributed by atoms with Crippen molar-refractivity contribution in [2.45, 2.75) is 29.3 Å². The molecule has 1 aliphatic rings. The van der Waals surface area contributed by atoms with E-state index in [1.54, 1.807) is 23.5 Å². The molecule has 2 nitrogen and oxygen atoms in total. The summed E-state index contributed by atoms with van der Waals surface area (Å²) in [5, 5.41) is 2.23. The lowest BCUT2D eigenvalue weighted by Crippen LogP contribution is -1.96. The molecule has 2 heterocycles. The molecule has 1 aliphatic carbocycles. The molecule has 0 unspecified atom stereocenters. The van der Waals surface area contributed by atoms with Gasteiger partial charge in [-0.05, 0) is 61.1 Å². The summed E-state index contributed by atoms with van der Waals surface area (Å²) in [6.45, 7) is 0. The Morgan fingerprint density at radius 2 is 1.89 bits per heavy atom. The topological polar surface area (TPSA) is 25.8 Å². The molecule has 3 rings (SSSR count). The summed E-state index contributed by atoms with van der Waals surface area (Å²) >= 11 is 3.42. The van der Waals surface area contributed by atoms with E-state index < -0.39 is 0 Å². The Morgan fingerprint density at radius 3 is 2.68 bits per heavy atom. The molecule has 0 saturated heterocycles. The predicted octanol–water partition coefficient (Wildman–Crippen LogP) is 4.08. The first kappa shape index (κ1) is 13.0. The fourth-order valence-corrected chi connectivity index (χ4v) is 3.59. The van der Waals surface area contributed by atoms with Crippen LogP contribution in [0.2, 0.25) is 0 Å². The zero-order valence-corrected chi connectivity index (χ0v) is 12.8. The van der Waals surface area contributed by atoms with Crippen LogP contribution in [0.15, 0.2) is 34.3 Å². The van der Waals surface area contributed by atoms with E-state index in [-0.39, 0.29) is 0 Å². The van der Waals surface area contributed by atoms with Gasteiger partial charge < -0.3 is 0 Å². The third-order valence-corrected chi connectivity index (χ3v) is 4.81. The molecule has 0 spiro atoms. The smallest absolute Gasteiger partial charge is 0.1000 e. The first-order valence-corrected chi connectivity index (χ1v) is 8.85. The number of fused-ring (bicyclic) bond motifs is 1. The predicted molar refractivity (Wildman–Crippen MR) is 83.1 cm³/mol. The molecule has 0 atom stereocenters. The molecule has 0 radical (unpaired) electrons. The third kappa shape index (κ3) is 2.51. The van der Waals surface area contributed by atoms with Gasteiger partial charge in [0.15, 0.2) is 0 Å². The molecule has 19 heavy (non-hydrogen) atoms. The average molecular weight is 288 g/mol. The quantitative estimate of drug-likeness (QED) is 0.795. The van der Waals surface area contributed by atoms with Gasteiger partial charge in [0.1, 0.15) is 0 Å². The van der Waals surface area contributed by atoms with Crippen molar-refractivity contribution in [2.24, 2.45) is 0 Å². The van der Waals surface area contributed by atoms with E-state index in [0.29, 0.717) is 0 Å². The number of aryl methyl sites for hydroxylation is 1. The first-order valence-electron chi connectivity index (χ1n) is 6.40. The second-order valence-electron chi connectivity index (χ2n) is 4.57. The number of thioether (sulfide) groups is 2.